The molecule has 2 aromatic rings. The van der Waals surface area contributed by atoms with E-state index in [4.69, 9.17) is 0 Å². The van der Waals surface area contributed by atoms with Crippen molar-refractivity contribution in [2.45, 2.75) is 37.5 Å². The second kappa shape index (κ2) is 4.40. The number of aromatic nitrogens is 3. The van der Waals surface area contributed by atoms with Gasteiger partial charge in [0.25, 0.3) is 0 Å². The Labute approximate surface area is 113 Å². The molecule has 0 saturated carbocycles. The lowest BCUT2D eigenvalue weighted by Crippen LogP contribution is -2.13. The molecule has 0 N–H and O–H groups in total. The van der Waals surface area contributed by atoms with Crippen LogP contribution < -0.4 is 0 Å². The van der Waals surface area contributed by atoms with Gasteiger partial charge in [0.2, 0.25) is 0 Å². The van der Waals surface area contributed by atoms with Gasteiger partial charge in [-0.3, -0.25) is 0 Å². The summed E-state index contributed by atoms with van der Waals surface area (Å²) in [7, 11) is 0. The fraction of sp³-hybridized carbons (Fsp3) is 0.500. The highest BCUT2D eigenvalue weighted by Gasteiger charge is 2.34. The van der Waals surface area contributed by atoms with Crippen molar-refractivity contribution in [3.05, 3.63) is 23.5 Å². The lowest BCUT2D eigenvalue weighted by molar-refractivity contribution is -0.141. The number of rotatable bonds is 1. The predicted octanol–water partition coefficient (Wildman–Crippen LogP) is 3.77. The number of hydrogen-bond acceptors (Lipinski definition) is 3. The van der Waals surface area contributed by atoms with E-state index in [1.807, 2.05) is 20.8 Å². The van der Waals surface area contributed by atoms with Crippen molar-refractivity contribution in [3.8, 4) is 0 Å². The van der Waals surface area contributed by atoms with Crippen molar-refractivity contribution in [2.75, 3.05) is 6.26 Å². The van der Waals surface area contributed by atoms with Gasteiger partial charge < -0.3 is 0 Å². The van der Waals surface area contributed by atoms with Gasteiger partial charge in [0.05, 0.1) is 11.2 Å². The first kappa shape index (κ1) is 14.2. The van der Waals surface area contributed by atoms with Crippen molar-refractivity contribution in [3.63, 3.8) is 0 Å². The minimum Gasteiger partial charge on any atom is -0.218 e. The molecule has 2 heterocycles. The second-order valence-electron chi connectivity index (χ2n) is 5.24. The summed E-state index contributed by atoms with van der Waals surface area (Å²) < 4.78 is 39.8. The zero-order chi connectivity index (χ0) is 14.4. The van der Waals surface area contributed by atoms with E-state index in [1.54, 1.807) is 12.3 Å². The first-order valence-corrected chi connectivity index (χ1v) is 6.88. The Hall–Kier alpha value is -1.24. The zero-order valence-electron chi connectivity index (χ0n) is 11.0. The first-order valence-electron chi connectivity index (χ1n) is 5.65. The van der Waals surface area contributed by atoms with Crippen LogP contribution in [0.25, 0.3) is 5.52 Å². The zero-order valence-corrected chi connectivity index (χ0v) is 11.9. The van der Waals surface area contributed by atoms with Crippen molar-refractivity contribution < 1.29 is 13.2 Å². The van der Waals surface area contributed by atoms with Crippen LogP contribution in [-0.4, -0.2) is 20.9 Å². The average Bonchev–Trinajstić information content (AvgIpc) is 2.69. The van der Waals surface area contributed by atoms with Gasteiger partial charge in [-0.2, -0.15) is 18.3 Å². The molecule has 19 heavy (non-hydrogen) atoms. The summed E-state index contributed by atoms with van der Waals surface area (Å²) in [5.74, 6) is 0. The fourth-order valence-electron chi connectivity index (χ4n) is 1.62. The Morgan fingerprint density at radius 1 is 1.11 bits per heavy atom. The minimum atomic E-state index is -4.45. The normalized spacial score (nSPS) is 13.2. The van der Waals surface area contributed by atoms with E-state index in [0.29, 0.717) is 5.52 Å². The monoisotopic (exact) mass is 289 g/mol. The van der Waals surface area contributed by atoms with E-state index < -0.39 is 11.9 Å². The molecular weight excluding hydrogens is 275 g/mol. The molecule has 104 valence electrons. The van der Waals surface area contributed by atoms with Crippen LogP contribution in [0.5, 0.6) is 0 Å². The van der Waals surface area contributed by atoms with E-state index in [2.05, 4.69) is 10.1 Å². The number of thioether (sulfide) groups is 1. The molecule has 0 unspecified atom stereocenters. The van der Waals surface area contributed by atoms with Gasteiger partial charge in [0, 0.05) is 5.41 Å². The molecule has 0 amide bonds. The fourth-order valence-corrected chi connectivity index (χ4v) is 2.13. The van der Waals surface area contributed by atoms with Crippen molar-refractivity contribution in [1.82, 2.24) is 14.6 Å². The summed E-state index contributed by atoms with van der Waals surface area (Å²) in [6, 6.07) is 2.71. The maximum Gasteiger partial charge on any atom is 0.433 e. The van der Waals surface area contributed by atoms with Gasteiger partial charge in [-0.25, -0.2) is 9.50 Å². The number of hydrogen-bond donors (Lipinski definition) is 0. The molecular formula is C12H14F3N3S. The Morgan fingerprint density at radius 3 is 2.16 bits per heavy atom. The maximum atomic E-state index is 12.8. The van der Waals surface area contributed by atoms with Crippen molar-refractivity contribution in [1.29, 1.82) is 0 Å². The summed E-state index contributed by atoms with van der Waals surface area (Å²) >= 11 is 1.14. The summed E-state index contributed by atoms with van der Waals surface area (Å²) in [6.07, 6.45) is -2.77. The van der Waals surface area contributed by atoms with Gasteiger partial charge in [0.1, 0.15) is 5.69 Å². The first-order chi connectivity index (χ1) is 8.63. The summed E-state index contributed by atoms with van der Waals surface area (Å²) in [4.78, 5) is 3.62. The molecule has 0 atom stereocenters. The Bertz CT molecular complexity index is 611. The molecule has 0 aliphatic heterocycles. The smallest absolute Gasteiger partial charge is 0.218 e. The quantitative estimate of drug-likeness (QED) is 0.591. The topological polar surface area (TPSA) is 30.2 Å². The number of halogens is 3. The molecule has 0 bridgehead atoms. The summed E-state index contributed by atoms with van der Waals surface area (Å²) in [6.45, 7) is 5.89. The molecule has 0 aliphatic carbocycles. The van der Waals surface area contributed by atoms with Gasteiger partial charge in [0.15, 0.2) is 5.16 Å². The molecule has 7 heteroatoms. The highest BCUT2D eigenvalue weighted by atomic mass is 32.2. The third-order valence-corrected chi connectivity index (χ3v) is 3.29. The Morgan fingerprint density at radius 2 is 1.68 bits per heavy atom. The highest BCUT2D eigenvalue weighted by Crippen LogP contribution is 2.31. The molecule has 0 radical (unpaired) electrons. The summed E-state index contributed by atoms with van der Waals surface area (Å²) in [5, 5.41) is 4.58. The van der Waals surface area contributed by atoms with Crippen molar-refractivity contribution >= 4 is 17.3 Å². The van der Waals surface area contributed by atoms with E-state index in [9.17, 15) is 13.2 Å². The van der Waals surface area contributed by atoms with Crippen LogP contribution in [0.3, 0.4) is 0 Å². The van der Waals surface area contributed by atoms with E-state index in [0.717, 1.165) is 23.5 Å². The molecule has 2 rings (SSSR count). The molecule has 0 saturated heterocycles. The summed E-state index contributed by atoms with van der Waals surface area (Å²) in [5.41, 5.74) is 0.0466. The van der Waals surface area contributed by atoms with Gasteiger partial charge in [-0.05, 0) is 18.4 Å². The standard InChI is InChI=1S/C12H14F3N3S/c1-11(2,3)8-5-7-6-9(12(13,14)15)16-10(19-4)18(7)17-8/h5-6H,1-4H3. The van der Waals surface area contributed by atoms with Crippen LogP contribution in [0.4, 0.5) is 13.2 Å². The van der Waals surface area contributed by atoms with Crippen molar-refractivity contribution in [2.24, 2.45) is 0 Å². The lowest BCUT2D eigenvalue weighted by Gasteiger charge is -2.13. The SMILES string of the molecule is CSc1nc(C(F)(F)F)cc2cc(C(C)(C)C)nn12. The van der Waals surface area contributed by atoms with Crippen LogP contribution in [0.1, 0.15) is 32.2 Å². The van der Waals surface area contributed by atoms with Crippen LogP contribution in [-0.2, 0) is 11.6 Å². The van der Waals surface area contributed by atoms with E-state index >= 15 is 0 Å². The molecule has 3 nitrogen and oxygen atoms in total. The van der Waals surface area contributed by atoms with E-state index in [1.165, 1.54) is 4.52 Å². The number of nitrogens with zero attached hydrogens (tertiary/aromatic N) is 3. The number of fused-ring (bicyclic) bond motifs is 1. The second-order valence-corrected chi connectivity index (χ2v) is 6.02. The Kier molecular flexibility index (Phi) is 3.28. The van der Waals surface area contributed by atoms with Gasteiger partial charge >= 0.3 is 6.18 Å². The van der Waals surface area contributed by atoms with Crippen LogP contribution in [0.2, 0.25) is 0 Å². The molecule has 2 aromatic heterocycles. The van der Waals surface area contributed by atoms with E-state index in [-0.39, 0.29) is 10.6 Å². The van der Waals surface area contributed by atoms with Gasteiger partial charge in [-0.1, -0.05) is 32.5 Å². The van der Waals surface area contributed by atoms with Gasteiger partial charge in [-0.15, -0.1) is 0 Å². The van der Waals surface area contributed by atoms with Crippen LogP contribution in [0, 0.1) is 0 Å². The molecule has 0 spiro atoms. The third-order valence-electron chi connectivity index (χ3n) is 2.66. The lowest BCUT2D eigenvalue weighted by atomic mass is 9.92. The molecule has 0 aliphatic rings. The largest absolute Gasteiger partial charge is 0.433 e. The third kappa shape index (κ3) is 2.70. The maximum absolute atomic E-state index is 12.8. The molecule has 0 fully saturated rings. The Balaban J connectivity index is 2.70. The van der Waals surface area contributed by atoms with Crippen LogP contribution in [0.15, 0.2) is 17.3 Å². The van der Waals surface area contributed by atoms with Crippen LogP contribution >= 0.6 is 11.8 Å². The highest BCUT2D eigenvalue weighted by molar-refractivity contribution is 7.98. The predicted molar refractivity (Wildman–Crippen MR) is 68.5 cm³/mol. The number of alkyl halides is 3. The minimum absolute atomic E-state index is 0.222. The average molecular weight is 289 g/mol. The molecule has 0 aromatic carbocycles.